The molecule has 2 amide bonds. The summed E-state index contributed by atoms with van der Waals surface area (Å²) in [6, 6.07) is 16.1. The van der Waals surface area contributed by atoms with Crippen molar-refractivity contribution in [1.82, 2.24) is 10.6 Å². The van der Waals surface area contributed by atoms with Crippen molar-refractivity contribution in [2.45, 2.75) is 44.7 Å². The van der Waals surface area contributed by atoms with E-state index >= 15 is 0 Å². The summed E-state index contributed by atoms with van der Waals surface area (Å²) in [4.78, 5) is 12.3. The highest BCUT2D eigenvalue weighted by molar-refractivity contribution is 5.74. The Morgan fingerprint density at radius 1 is 1.08 bits per heavy atom. The quantitative estimate of drug-likeness (QED) is 0.724. The Kier molecular flexibility index (Phi) is 6.07. The molecule has 1 aliphatic rings. The highest BCUT2D eigenvalue weighted by Gasteiger charge is 2.15. The molecular formula is C21H26N2O2. The molecule has 0 aromatic heterocycles. The van der Waals surface area contributed by atoms with Crippen molar-refractivity contribution in [3.8, 4) is 0 Å². The number of hydrogen-bond acceptors (Lipinski definition) is 2. The van der Waals surface area contributed by atoms with Crippen molar-refractivity contribution in [3.63, 3.8) is 0 Å². The largest absolute Gasteiger partial charge is 0.396 e. The summed E-state index contributed by atoms with van der Waals surface area (Å²) in [6.07, 6.45) is 4.92. The van der Waals surface area contributed by atoms with Gasteiger partial charge in [-0.25, -0.2) is 4.79 Å². The summed E-state index contributed by atoms with van der Waals surface area (Å²) < 4.78 is 0. The van der Waals surface area contributed by atoms with Crippen LogP contribution < -0.4 is 10.6 Å². The molecule has 0 fully saturated rings. The molecule has 0 bridgehead atoms. The number of aryl methyl sites for hydroxylation is 2. The Morgan fingerprint density at radius 2 is 1.88 bits per heavy atom. The van der Waals surface area contributed by atoms with Gasteiger partial charge in [-0.1, -0.05) is 48.5 Å². The molecule has 2 aromatic rings. The number of aliphatic hydroxyl groups is 1. The summed E-state index contributed by atoms with van der Waals surface area (Å²) in [5.41, 5.74) is 5.07. The minimum Gasteiger partial charge on any atom is -0.396 e. The third-order valence-corrected chi connectivity index (χ3v) is 4.77. The molecule has 132 valence electrons. The Balaban J connectivity index is 1.56. The van der Waals surface area contributed by atoms with E-state index in [2.05, 4.69) is 28.8 Å². The van der Waals surface area contributed by atoms with Gasteiger partial charge < -0.3 is 15.7 Å². The SMILES string of the molecule is O=C(NCc1ccc2c(c1)CCC2)NC(CCCO)c1ccccc1. The normalized spacial score (nSPS) is 14.0. The maximum atomic E-state index is 12.3. The van der Waals surface area contributed by atoms with Crippen LogP contribution in [0.2, 0.25) is 0 Å². The molecule has 1 atom stereocenters. The lowest BCUT2D eigenvalue weighted by Gasteiger charge is -2.19. The Morgan fingerprint density at radius 3 is 2.68 bits per heavy atom. The minimum atomic E-state index is -0.174. The van der Waals surface area contributed by atoms with E-state index in [0.717, 1.165) is 17.5 Å². The van der Waals surface area contributed by atoms with Crippen LogP contribution in [0.15, 0.2) is 48.5 Å². The fraction of sp³-hybridized carbons (Fsp3) is 0.381. The molecule has 0 saturated carbocycles. The van der Waals surface area contributed by atoms with E-state index in [1.165, 1.54) is 24.0 Å². The summed E-state index contributed by atoms with van der Waals surface area (Å²) in [7, 11) is 0. The topological polar surface area (TPSA) is 61.4 Å². The first-order chi connectivity index (χ1) is 12.3. The van der Waals surface area contributed by atoms with Crippen LogP contribution in [-0.4, -0.2) is 17.7 Å². The number of nitrogens with one attached hydrogen (secondary N) is 2. The molecule has 0 aliphatic heterocycles. The van der Waals surface area contributed by atoms with Crippen LogP contribution in [0, 0.1) is 0 Å². The second-order valence-electron chi connectivity index (χ2n) is 6.61. The summed E-state index contributed by atoms with van der Waals surface area (Å²) in [5, 5.41) is 15.1. The van der Waals surface area contributed by atoms with Gasteiger partial charge in [-0.05, 0) is 54.4 Å². The predicted molar refractivity (Wildman–Crippen MR) is 99.3 cm³/mol. The average molecular weight is 338 g/mol. The standard InChI is InChI=1S/C21H26N2O2/c24-13-5-10-20(18-6-2-1-3-7-18)23-21(25)22-15-16-11-12-17-8-4-9-19(17)14-16/h1-3,6-7,11-12,14,20,24H,4-5,8-10,13,15H2,(H2,22,23,25). The van der Waals surface area contributed by atoms with Gasteiger partial charge in [-0.3, -0.25) is 0 Å². The fourth-order valence-electron chi connectivity index (χ4n) is 3.43. The molecule has 0 spiro atoms. The number of benzene rings is 2. The first-order valence-electron chi connectivity index (χ1n) is 9.07. The van der Waals surface area contributed by atoms with Crippen LogP contribution in [0.5, 0.6) is 0 Å². The molecule has 4 heteroatoms. The molecule has 1 unspecified atom stereocenters. The molecule has 0 saturated heterocycles. The lowest BCUT2D eigenvalue weighted by atomic mass is 10.0. The zero-order valence-electron chi connectivity index (χ0n) is 14.5. The van der Waals surface area contributed by atoms with Crippen molar-refractivity contribution in [3.05, 3.63) is 70.8 Å². The van der Waals surface area contributed by atoms with E-state index in [4.69, 9.17) is 5.11 Å². The van der Waals surface area contributed by atoms with Gasteiger partial charge in [0.1, 0.15) is 0 Å². The van der Waals surface area contributed by atoms with E-state index in [0.29, 0.717) is 19.4 Å². The zero-order valence-corrected chi connectivity index (χ0v) is 14.5. The van der Waals surface area contributed by atoms with Crippen molar-refractivity contribution in [2.75, 3.05) is 6.61 Å². The highest BCUT2D eigenvalue weighted by atomic mass is 16.3. The maximum absolute atomic E-state index is 12.3. The molecule has 3 N–H and O–H groups in total. The van der Waals surface area contributed by atoms with Gasteiger partial charge in [0, 0.05) is 13.2 Å². The highest BCUT2D eigenvalue weighted by Crippen LogP contribution is 2.23. The zero-order chi connectivity index (χ0) is 17.5. The lowest BCUT2D eigenvalue weighted by Crippen LogP contribution is -2.37. The summed E-state index contributed by atoms with van der Waals surface area (Å²) in [6.45, 7) is 0.655. The fourth-order valence-corrected chi connectivity index (χ4v) is 3.43. The maximum Gasteiger partial charge on any atom is 0.315 e. The van der Waals surface area contributed by atoms with Crippen LogP contribution in [0.3, 0.4) is 0 Å². The van der Waals surface area contributed by atoms with Crippen LogP contribution in [-0.2, 0) is 19.4 Å². The molecule has 1 aliphatic carbocycles. The third-order valence-electron chi connectivity index (χ3n) is 4.77. The van der Waals surface area contributed by atoms with E-state index in [1.54, 1.807) is 0 Å². The molecular weight excluding hydrogens is 312 g/mol. The van der Waals surface area contributed by atoms with Gasteiger partial charge in [0.05, 0.1) is 6.04 Å². The van der Waals surface area contributed by atoms with E-state index in [9.17, 15) is 4.79 Å². The van der Waals surface area contributed by atoms with Crippen molar-refractivity contribution in [2.24, 2.45) is 0 Å². The minimum absolute atomic E-state index is 0.0895. The van der Waals surface area contributed by atoms with Gasteiger partial charge >= 0.3 is 6.03 Å². The van der Waals surface area contributed by atoms with Crippen LogP contribution >= 0.6 is 0 Å². The van der Waals surface area contributed by atoms with Gasteiger partial charge in [-0.2, -0.15) is 0 Å². The second-order valence-corrected chi connectivity index (χ2v) is 6.61. The lowest BCUT2D eigenvalue weighted by molar-refractivity contribution is 0.232. The van der Waals surface area contributed by atoms with Crippen LogP contribution in [0.1, 0.15) is 47.6 Å². The second kappa shape index (κ2) is 8.67. The smallest absolute Gasteiger partial charge is 0.315 e. The summed E-state index contributed by atoms with van der Waals surface area (Å²) in [5.74, 6) is 0. The molecule has 0 radical (unpaired) electrons. The summed E-state index contributed by atoms with van der Waals surface area (Å²) >= 11 is 0. The van der Waals surface area contributed by atoms with Crippen molar-refractivity contribution in [1.29, 1.82) is 0 Å². The number of rotatable bonds is 7. The van der Waals surface area contributed by atoms with Gasteiger partial charge in [0.15, 0.2) is 0 Å². The monoisotopic (exact) mass is 338 g/mol. The molecule has 4 nitrogen and oxygen atoms in total. The van der Waals surface area contributed by atoms with Crippen molar-refractivity contribution >= 4 is 6.03 Å². The first-order valence-corrected chi connectivity index (χ1v) is 9.07. The number of amides is 2. The number of carbonyl (C=O) groups is 1. The number of carbonyl (C=O) groups excluding carboxylic acids is 1. The third kappa shape index (κ3) is 4.83. The Hall–Kier alpha value is -2.33. The number of fused-ring (bicyclic) bond motifs is 1. The average Bonchev–Trinajstić information content (AvgIpc) is 3.12. The molecule has 25 heavy (non-hydrogen) atoms. The first kappa shape index (κ1) is 17.5. The predicted octanol–water partition coefficient (Wildman–Crippen LogP) is 3.49. The van der Waals surface area contributed by atoms with Gasteiger partial charge in [0.2, 0.25) is 0 Å². The molecule has 3 rings (SSSR count). The van der Waals surface area contributed by atoms with Crippen LogP contribution in [0.4, 0.5) is 4.79 Å². The van der Waals surface area contributed by atoms with Crippen LogP contribution in [0.25, 0.3) is 0 Å². The number of hydrogen-bond donors (Lipinski definition) is 3. The van der Waals surface area contributed by atoms with Gasteiger partial charge in [-0.15, -0.1) is 0 Å². The van der Waals surface area contributed by atoms with Crippen molar-refractivity contribution < 1.29 is 9.90 Å². The van der Waals surface area contributed by atoms with E-state index < -0.39 is 0 Å². The van der Waals surface area contributed by atoms with Gasteiger partial charge in [0.25, 0.3) is 0 Å². The number of urea groups is 1. The van der Waals surface area contributed by atoms with E-state index in [-0.39, 0.29) is 18.7 Å². The Bertz CT molecular complexity index is 700. The number of aliphatic hydroxyl groups excluding tert-OH is 1. The Labute approximate surface area is 149 Å². The van der Waals surface area contributed by atoms with E-state index in [1.807, 2.05) is 30.3 Å². The molecule has 2 aromatic carbocycles. The molecule has 0 heterocycles.